The van der Waals surface area contributed by atoms with Gasteiger partial charge in [-0.15, -0.1) is 0 Å². The topological polar surface area (TPSA) is 81.1 Å². The molecule has 0 aromatic rings. The molecule has 3 atom stereocenters. The Balaban J connectivity index is 2.02. The highest BCUT2D eigenvalue weighted by Gasteiger charge is 2.41. The second-order valence-corrected chi connectivity index (χ2v) is 5.19. The van der Waals surface area contributed by atoms with Crippen LogP contribution in [0.25, 0.3) is 0 Å². The van der Waals surface area contributed by atoms with Gasteiger partial charge in [-0.25, -0.2) is 9.59 Å². The minimum Gasteiger partial charge on any atom is -0.480 e. The Labute approximate surface area is 106 Å². The molecule has 2 rings (SSSR count). The summed E-state index contributed by atoms with van der Waals surface area (Å²) >= 11 is 0. The second kappa shape index (κ2) is 5.14. The van der Waals surface area contributed by atoms with E-state index in [9.17, 15) is 14.7 Å². The fraction of sp³-hybridized carbons (Fsp3) is 0.833. The lowest BCUT2D eigenvalue weighted by molar-refractivity contribution is -0.141. The molecule has 2 aliphatic rings. The van der Waals surface area contributed by atoms with Crippen molar-refractivity contribution in [1.82, 2.24) is 9.80 Å². The van der Waals surface area contributed by atoms with Gasteiger partial charge in [0.15, 0.2) is 0 Å². The third-order valence-electron chi connectivity index (χ3n) is 3.94. The van der Waals surface area contributed by atoms with E-state index in [1.54, 1.807) is 4.90 Å². The molecule has 2 aliphatic heterocycles. The summed E-state index contributed by atoms with van der Waals surface area (Å²) in [5.74, 6) is -0.518. The number of aliphatic carboxylic acids is 1. The lowest BCUT2D eigenvalue weighted by Gasteiger charge is -2.27. The Hall–Kier alpha value is -1.30. The van der Waals surface area contributed by atoms with Crippen LogP contribution in [0.1, 0.15) is 26.2 Å². The molecule has 0 aliphatic carbocycles. The SMILES string of the molecule is CCC1CCN(C(=O)N2CC(O)C[C@H]2C(=O)O)C1. The monoisotopic (exact) mass is 256 g/mol. The van der Waals surface area contributed by atoms with Gasteiger partial charge >= 0.3 is 12.0 Å². The normalized spacial score (nSPS) is 32.0. The third-order valence-corrected chi connectivity index (χ3v) is 3.94. The van der Waals surface area contributed by atoms with E-state index >= 15 is 0 Å². The number of likely N-dealkylation sites (tertiary alicyclic amines) is 2. The number of β-amino-alcohol motifs (C(OH)–C–C–N with tert-alkyl or cyclic N) is 1. The van der Waals surface area contributed by atoms with Crippen molar-refractivity contribution in [2.45, 2.75) is 38.3 Å². The predicted octanol–water partition coefficient (Wildman–Crippen LogP) is 0.358. The summed E-state index contributed by atoms with van der Waals surface area (Å²) in [6.45, 7) is 3.62. The highest BCUT2D eigenvalue weighted by Crippen LogP contribution is 2.24. The number of aliphatic hydroxyl groups excluding tert-OH is 1. The van der Waals surface area contributed by atoms with Crippen LogP contribution in [-0.4, -0.2) is 63.8 Å². The molecule has 2 amide bonds. The van der Waals surface area contributed by atoms with Crippen LogP contribution >= 0.6 is 0 Å². The Morgan fingerprint density at radius 3 is 2.61 bits per heavy atom. The molecule has 2 fully saturated rings. The van der Waals surface area contributed by atoms with Gasteiger partial charge in [0.05, 0.1) is 6.10 Å². The highest BCUT2D eigenvalue weighted by molar-refractivity contribution is 5.83. The molecule has 0 aromatic carbocycles. The molecule has 0 spiro atoms. The molecule has 0 radical (unpaired) electrons. The van der Waals surface area contributed by atoms with Crippen molar-refractivity contribution in [3.63, 3.8) is 0 Å². The molecule has 2 unspecified atom stereocenters. The number of rotatable bonds is 2. The molecule has 2 heterocycles. The maximum absolute atomic E-state index is 12.2. The van der Waals surface area contributed by atoms with Gasteiger partial charge in [-0.2, -0.15) is 0 Å². The van der Waals surface area contributed by atoms with Crippen LogP contribution in [-0.2, 0) is 4.79 Å². The van der Waals surface area contributed by atoms with E-state index in [1.165, 1.54) is 4.90 Å². The van der Waals surface area contributed by atoms with E-state index in [-0.39, 0.29) is 19.0 Å². The van der Waals surface area contributed by atoms with Crippen LogP contribution in [0.15, 0.2) is 0 Å². The lowest BCUT2D eigenvalue weighted by atomic mass is 10.1. The fourth-order valence-corrected chi connectivity index (χ4v) is 2.78. The molecule has 0 saturated carbocycles. The van der Waals surface area contributed by atoms with E-state index in [2.05, 4.69) is 6.92 Å². The summed E-state index contributed by atoms with van der Waals surface area (Å²) in [6, 6.07) is -1.12. The van der Waals surface area contributed by atoms with Crippen molar-refractivity contribution < 1.29 is 19.8 Å². The zero-order valence-electron chi connectivity index (χ0n) is 10.6. The van der Waals surface area contributed by atoms with Crippen LogP contribution < -0.4 is 0 Å². The summed E-state index contributed by atoms with van der Waals surface area (Å²) in [6.07, 6.45) is 1.43. The first-order valence-corrected chi connectivity index (χ1v) is 6.49. The van der Waals surface area contributed by atoms with Gasteiger partial charge in [-0.1, -0.05) is 13.3 Å². The lowest BCUT2D eigenvalue weighted by Crippen LogP contribution is -2.47. The molecule has 18 heavy (non-hydrogen) atoms. The van der Waals surface area contributed by atoms with Crippen LogP contribution in [0.4, 0.5) is 4.79 Å². The van der Waals surface area contributed by atoms with Gasteiger partial charge in [0.25, 0.3) is 0 Å². The molecule has 6 heteroatoms. The van der Waals surface area contributed by atoms with Gasteiger partial charge in [-0.3, -0.25) is 0 Å². The van der Waals surface area contributed by atoms with Crippen molar-refractivity contribution in [3.8, 4) is 0 Å². The fourth-order valence-electron chi connectivity index (χ4n) is 2.78. The third kappa shape index (κ3) is 2.43. The number of amides is 2. The molecule has 2 saturated heterocycles. The van der Waals surface area contributed by atoms with Crippen molar-refractivity contribution in [1.29, 1.82) is 0 Å². The van der Waals surface area contributed by atoms with Crippen LogP contribution in [0.5, 0.6) is 0 Å². The zero-order valence-corrected chi connectivity index (χ0v) is 10.6. The minimum absolute atomic E-state index is 0.128. The Morgan fingerprint density at radius 2 is 2.06 bits per heavy atom. The maximum atomic E-state index is 12.2. The number of hydrogen-bond acceptors (Lipinski definition) is 3. The van der Waals surface area contributed by atoms with Gasteiger partial charge in [0.1, 0.15) is 6.04 Å². The largest absolute Gasteiger partial charge is 0.480 e. The first kappa shape index (κ1) is 13.1. The Bertz CT molecular complexity index is 347. The standard InChI is InChI=1S/C12H20N2O4/c1-2-8-3-4-13(6-8)12(18)14-7-9(15)5-10(14)11(16)17/h8-10,15H,2-7H2,1H3,(H,16,17)/t8?,9?,10-/m0/s1. The van der Waals surface area contributed by atoms with E-state index in [1.807, 2.05) is 0 Å². The highest BCUT2D eigenvalue weighted by atomic mass is 16.4. The smallest absolute Gasteiger partial charge is 0.326 e. The van der Waals surface area contributed by atoms with Crippen molar-refractivity contribution in [2.75, 3.05) is 19.6 Å². The summed E-state index contributed by atoms with van der Waals surface area (Å²) < 4.78 is 0. The number of carbonyl (C=O) groups is 2. The van der Waals surface area contributed by atoms with Crippen LogP contribution in [0, 0.1) is 5.92 Å². The molecule has 0 aromatic heterocycles. The number of carboxylic acids is 1. The number of urea groups is 1. The number of carbonyl (C=O) groups excluding carboxylic acids is 1. The van der Waals surface area contributed by atoms with Gasteiger partial charge in [-0.05, 0) is 12.3 Å². The quantitative estimate of drug-likeness (QED) is 0.747. The minimum atomic E-state index is -1.04. The zero-order chi connectivity index (χ0) is 13.3. The van der Waals surface area contributed by atoms with Crippen LogP contribution in [0.2, 0.25) is 0 Å². The number of nitrogens with zero attached hydrogens (tertiary/aromatic N) is 2. The predicted molar refractivity (Wildman–Crippen MR) is 64.1 cm³/mol. The first-order chi connectivity index (χ1) is 8.52. The molecule has 0 bridgehead atoms. The molecule has 6 nitrogen and oxygen atoms in total. The Morgan fingerprint density at radius 1 is 1.33 bits per heavy atom. The van der Waals surface area contributed by atoms with Crippen molar-refractivity contribution in [3.05, 3.63) is 0 Å². The average Bonchev–Trinajstić information content (AvgIpc) is 2.94. The molecular formula is C12H20N2O4. The van der Waals surface area contributed by atoms with Crippen molar-refractivity contribution in [2.24, 2.45) is 5.92 Å². The summed E-state index contributed by atoms with van der Waals surface area (Å²) in [5.41, 5.74) is 0. The van der Waals surface area contributed by atoms with E-state index in [0.717, 1.165) is 12.8 Å². The first-order valence-electron chi connectivity index (χ1n) is 6.49. The van der Waals surface area contributed by atoms with Gasteiger partial charge < -0.3 is 20.0 Å². The van der Waals surface area contributed by atoms with Crippen molar-refractivity contribution >= 4 is 12.0 Å². The molecule has 102 valence electrons. The average molecular weight is 256 g/mol. The summed E-state index contributed by atoms with van der Waals surface area (Å²) in [7, 11) is 0. The van der Waals surface area contributed by atoms with Crippen LogP contribution in [0.3, 0.4) is 0 Å². The molecular weight excluding hydrogens is 236 g/mol. The summed E-state index contributed by atoms with van der Waals surface area (Å²) in [4.78, 5) is 26.3. The Kier molecular flexibility index (Phi) is 3.75. The van der Waals surface area contributed by atoms with E-state index < -0.39 is 18.1 Å². The summed E-state index contributed by atoms with van der Waals surface area (Å²) in [5, 5.41) is 18.6. The van der Waals surface area contributed by atoms with E-state index in [0.29, 0.717) is 19.0 Å². The van der Waals surface area contributed by atoms with Gasteiger partial charge in [0.2, 0.25) is 0 Å². The maximum Gasteiger partial charge on any atom is 0.326 e. The molecule has 2 N–H and O–H groups in total. The second-order valence-electron chi connectivity index (χ2n) is 5.19. The number of hydrogen-bond donors (Lipinski definition) is 2. The number of aliphatic hydroxyl groups is 1. The number of carboxylic acid groups (broad SMARTS) is 1. The van der Waals surface area contributed by atoms with E-state index in [4.69, 9.17) is 5.11 Å². The van der Waals surface area contributed by atoms with Gasteiger partial charge in [0, 0.05) is 26.1 Å².